The van der Waals surface area contributed by atoms with Crippen LogP contribution in [0.4, 0.5) is 0 Å². The molecule has 0 bridgehead atoms. The maximum absolute atomic E-state index is 11.3. The monoisotopic (exact) mass is 237 g/mol. The molecule has 0 N–H and O–H groups in total. The van der Waals surface area contributed by atoms with E-state index in [1.807, 2.05) is 0 Å². The Balaban J connectivity index is 4.08. The Bertz CT molecular complexity index is 200. The van der Waals surface area contributed by atoms with Crippen molar-refractivity contribution >= 4 is 31.2 Å². The van der Waals surface area contributed by atoms with Crippen molar-refractivity contribution in [1.29, 1.82) is 0 Å². The first kappa shape index (κ1) is 13.8. The van der Waals surface area contributed by atoms with E-state index in [9.17, 15) is 9.70 Å². The lowest BCUT2D eigenvalue weighted by Crippen LogP contribution is -2.38. The summed E-state index contributed by atoms with van der Waals surface area (Å²) in [7, 11) is 0. The first-order chi connectivity index (χ1) is 6.65. The Kier molecular flexibility index (Phi) is 7.98. The minimum absolute atomic E-state index is 0.0148. The topological polar surface area (TPSA) is 40.4 Å². The van der Waals surface area contributed by atoms with Gasteiger partial charge in [-0.3, -0.25) is 9.69 Å². The predicted molar refractivity (Wildman–Crippen MR) is 63.1 cm³/mol. The van der Waals surface area contributed by atoms with E-state index in [0.717, 1.165) is 4.76 Å². The van der Waals surface area contributed by atoms with Gasteiger partial charge in [0.15, 0.2) is 0 Å². The molecule has 1 amide bonds. The van der Waals surface area contributed by atoms with E-state index in [2.05, 4.69) is 25.3 Å². The lowest BCUT2D eigenvalue weighted by molar-refractivity contribution is -0.561. The van der Waals surface area contributed by atoms with Crippen LogP contribution < -0.4 is 0 Å². The van der Waals surface area contributed by atoms with Crippen LogP contribution in [0.15, 0.2) is 0 Å². The first-order valence-electron chi connectivity index (χ1n) is 4.57. The normalized spacial score (nSPS) is 9.93. The third-order valence-corrected chi connectivity index (χ3v) is 2.10. The highest BCUT2D eigenvalue weighted by molar-refractivity contribution is 7.80. The van der Waals surface area contributed by atoms with Crippen molar-refractivity contribution in [3.63, 3.8) is 0 Å². The number of hydrogen-bond donors (Lipinski definition) is 2. The van der Waals surface area contributed by atoms with Gasteiger partial charge >= 0.3 is 0 Å². The van der Waals surface area contributed by atoms with E-state index in [1.165, 1.54) is 4.90 Å². The van der Waals surface area contributed by atoms with Gasteiger partial charge in [0.2, 0.25) is 12.5 Å². The molecule has 0 radical (unpaired) electrons. The smallest absolute Gasteiger partial charge is 0.269 e. The fourth-order valence-corrected chi connectivity index (χ4v) is 1.46. The molecule has 0 saturated carbocycles. The fourth-order valence-electron chi connectivity index (χ4n) is 0.991. The van der Waals surface area contributed by atoms with Crippen molar-refractivity contribution in [3.8, 4) is 0 Å². The van der Waals surface area contributed by atoms with Crippen LogP contribution in [-0.2, 0) is 4.79 Å². The minimum Gasteiger partial charge on any atom is -0.283 e. The molecule has 0 fully saturated rings. The van der Waals surface area contributed by atoms with Crippen molar-refractivity contribution in [3.05, 3.63) is 4.91 Å². The SMILES string of the molecule is CCC(=O)N(CCS)C[N+](=O)CCS. The zero-order valence-corrected chi connectivity index (χ0v) is 10.1. The van der Waals surface area contributed by atoms with Gasteiger partial charge in [-0.05, 0) is 0 Å². The molecule has 0 aliphatic heterocycles. The Hall–Kier alpha value is -0.230. The molecule has 0 atom stereocenters. The molecule has 4 nitrogen and oxygen atoms in total. The molecule has 0 spiro atoms. The molecular weight excluding hydrogens is 220 g/mol. The zero-order chi connectivity index (χ0) is 11.0. The van der Waals surface area contributed by atoms with Crippen molar-refractivity contribution in [2.45, 2.75) is 13.3 Å². The highest BCUT2D eigenvalue weighted by Gasteiger charge is 2.18. The summed E-state index contributed by atoms with van der Waals surface area (Å²) in [5, 5.41) is 0. The molecular formula is C8H17N2O2S2+. The van der Waals surface area contributed by atoms with Gasteiger partial charge in [0.1, 0.15) is 0 Å². The minimum atomic E-state index is -0.0148. The van der Waals surface area contributed by atoms with Gasteiger partial charge in [-0.15, -0.1) is 0 Å². The van der Waals surface area contributed by atoms with Gasteiger partial charge in [0, 0.05) is 28.4 Å². The summed E-state index contributed by atoms with van der Waals surface area (Å²) in [6.45, 7) is 2.75. The second-order valence-corrected chi connectivity index (χ2v) is 3.70. The largest absolute Gasteiger partial charge is 0.283 e. The maximum Gasteiger partial charge on any atom is 0.269 e. The number of amides is 1. The summed E-state index contributed by atoms with van der Waals surface area (Å²) in [4.78, 5) is 24.1. The van der Waals surface area contributed by atoms with Gasteiger partial charge in [-0.25, -0.2) is 0 Å². The van der Waals surface area contributed by atoms with Gasteiger partial charge in [-0.1, -0.05) is 6.92 Å². The summed E-state index contributed by atoms with van der Waals surface area (Å²) in [5.41, 5.74) is 0. The molecule has 82 valence electrons. The molecule has 0 aromatic carbocycles. The number of carbonyl (C=O) groups is 1. The summed E-state index contributed by atoms with van der Waals surface area (Å²) >= 11 is 7.99. The van der Waals surface area contributed by atoms with Gasteiger partial charge in [-0.2, -0.15) is 25.3 Å². The number of rotatable bonds is 7. The summed E-state index contributed by atoms with van der Waals surface area (Å²) in [6.07, 6.45) is 0.419. The number of nitrogens with zero attached hydrogens (tertiary/aromatic N) is 2. The highest BCUT2D eigenvalue weighted by atomic mass is 32.1. The van der Waals surface area contributed by atoms with Crippen LogP contribution in [0.2, 0.25) is 0 Å². The molecule has 0 rings (SSSR count). The van der Waals surface area contributed by atoms with E-state index < -0.39 is 0 Å². The number of carbonyl (C=O) groups excluding carboxylic acids is 1. The van der Waals surface area contributed by atoms with Gasteiger partial charge in [0.25, 0.3) is 6.67 Å². The summed E-state index contributed by atoms with van der Waals surface area (Å²) in [5.74, 6) is 1.05. The Labute approximate surface area is 95.4 Å². The van der Waals surface area contributed by atoms with E-state index >= 15 is 0 Å². The Morgan fingerprint density at radius 2 is 2.00 bits per heavy atom. The van der Waals surface area contributed by atoms with E-state index in [-0.39, 0.29) is 12.6 Å². The van der Waals surface area contributed by atoms with Crippen molar-refractivity contribution < 1.29 is 9.55 Å². The molecule has 0 aliphatic rings. The Morgan fingerprint density at radius 3 is 2.43 bits per heavy atom. The van der Waals surface area contributed by atoms with Crippen molar-refractivity contribution in [2.75, 3.05) is 31.3 Å². The zero-order valence-electron chi connectivity index (χ0n) is 8.35. The molecule has 0 saturated heterocycles. The highest BCUT2D eigenvalue weighted by Crippen LogP contribution is 1.95. The lowest BCUT2D eigenvalue weighted by atomic mass is 10.4. The molecule has 6 heteroatoms. The van der Waals surface area contributed by atoms with Gasteiger partial charge in [0.05, 0.1) is 5.75 Å². The lowest BCUT2D eigenvalue weighted by Gasteiger charge is -2.15. The standard InChI is InChI=1S/C8H16N2O2S2/c1-2-8(11)9(3-5-13)7-10(12)4-6-14/h2-7H2,1H3,(H-,13,14)/p+1. The quantitative estimate of drug-likeness (QED) is 0.391. The van der Waals surface area contributed by atoms with Crippen molar-refractivity contribution in [1.82, 2.24) is 4.90 Å². The van der Waals surface area contributed by atoms with E-state index in [1.54, 1.807) is 6.92 Å². The van der Waals surface area contributed by atoms with Crippen LogP contribution >= 0.6 is 25.3 Å². The molecule has 14 heavy (non-hydrogen) atoms. The van der Waals surface area contributed by atoms with Crippen LogP contribution in [0.3, 0.4) is 0 Å². The fraction of sp³-hybridized carbons (Fsp3) is 0.875. The van der Waals surface area contributed by atoms with Crippen LogP contribution in [0, 0.1) is 4.91 Å². The second-order valence-electron chi connectivity index (χ2n) is 2.80. The molecule has 0 heterocycles. The van der Waals surface area contributed by atoms with Crippen LogP contribution in [-0.4, -0.2) is 46.8 Å². The van der Waals surface area contributed by atoms with E-state index in [4.69, 9.17) is 0 Å². The number of hydrogen-bond acceptors (Lipinski definition) is 4. The molecule has 0 unspecified atom stereocenters. The number of thiol groups is 2. The summed E-state index contributed by atoms with van der Waals surface area (Å²) < 4.78 is 0.837. The average Bonchev–Trinajstić information content (AvgIpc) is 2.16. The average molecular weight is 237 g/mol. The van der Waals surface area contributed by atoms with Crippen LogP contribution in [0.5, 0.6) is 0 Å². The van der Waals surface area contributed by atoms with E-state index in [0.29, 0.717) is 31.0 Å². The third-order valence-electron chi connectivity index (χ3n) is 1.70. The van der Waals surface area contributed by atoms with Crippen LogP contribution in [0.25, 0.3) is 0 Å². The molecule has 0 aromatic heterocycles. The first-order valence-corrected chi connectivity index (χ1v) is 5.83. The number of nitroso groups, excluding NO2 is 1. The molecule has 0 aromatic rings. The summed E-state index contributed by atoms with van der Waals surface area (Å²) in [6, 6.07) is 0. The van der Waals surface area contributed by atoms with Crippen molar-refractivity contribution in [2.24, 2.45) is 0 Å². The second kappa shape index (κ2) is 8.11. The maximum atomic E-state index is 11.3. The third kappa shape index (κ3) is 5.49. The molecule has 0 aliphatic carbocycles. The van der Waals surface area contributed by atoms with Gasteiger partial charge < -0.3 is 0 Å². The van der Waals surface area contributed by atoms with Crippen LogP contribution in [0.1, 0.15) is 13.3 Å². The Morgan fingerprint density at radius 1 is 1.36 bits per heavy atom. The predicted octanol–water partition coefficient (Wildman–Crippen LogP) is 0.821.